The number of ketones is 1. The number of aryl methyl sites for hydroxylation is 1. The second-order valence-corrected chi connectivity index (χ2v) is 3.88. The Morgan fingerprint density at radius 3 is 2.57 bits per heavy atom. The highest BCUT2D eigenvalue weighted by atomic mass is 35.5. The van der Waals surface area contributed by atoms with Crippen molar-refractivity contribution in [2.45, 2.75) is 27.2 Å². The highest BCUT2D eigenvalue weighted by Crippen LogP contribution is 2.25. The topological polar surface area (TPSA) is 17.1 Å². The molecular weight excluding hydrogens is 203 g/mol. The third-order valence-electron chi connectivity index (χ3n) is 2.29. The van der Waals surface area contributed by atoms with Gasteiger partial charge in [-0.25, -0.2) is 4.39 Å². The number of halogens is 2. The average Bonchev–Trinajstić information content (AvgIpc) is 2.09. The van der Waals surface area contributed by atoms with Crippen LogP contribution in [0.4, 0.5) is 4.39 Å². The minimum Gasteiger partial charge on any atom is -0.300 e. The van der Waals surface area contributed by atoms with Gasteiger partial charge in [0.05, 0.1) is 5.02 Å². The summed E-state index contributed by atoms with van der Waals surface area (Å²) in [7, 11) is 0. The molecule has 0 heterocycles. The third kappa shape index (κ3) is 2.13. The van der Waals surface area contributed by atoms with Gasteiger partial charge in [-0.15, -0.1) is 0 Å². The maximum absolute atomic E-state index is 13.5. The van der Waals surface area contributed by atoms with Crippen LogP contribution in [0.5, 0.6) is 0 Å². The summed E-state index contributed by atoms with van der Waals surface area (Å²) >= 11 is 5.69. The second-order valence-electron chi connectivity index (χ2n) is 3.47. The molecule has 0 bridgehead atoms. The second kappa shape index (κ2) is 4.09. The lowest BCUT2D eigenvalue weighted by atomic mass is 9.99. The predicted octanol–water partition coefficient (Wildman–Crippen LogP) is 3.23. The summed E-state index contributed by atoms with van der Waals surface area (Å²) in [5, 5.41) is 0.0874. The molecule has 0 radical (unpaired) electrons. The Balaban J connectivity index is 3.31. The molecule has 14 heavy (non-hydrogen) atoms. The van der Waals surface area contributed by atoms with Crippen LogP contribution in [0.1, 0.15) is 23.6 Å². The van der Waals surface area contributed by atoms with Crippen molar-refractivity contribution in [2.75, 3.05) is 0 Å². The fourth-order valence-corrected chi connectivity index (χ4v) is 1.65. The fourth-order valence-electron chi connectivity index (χ4n) is 1.37. The summed E-state index contributed by atoms with van der Waals surface area (Å²) in [4.78, 5) is 10.9. The molecule has 0 unspecified atom stereocenters. The van der Waals surface area contributed by atoms with Crippen LogP contribution in [0, 0.1) is 19.7 Å². The van der Waals surface area contributed by atoms with Gasteiger partial charge in [-0.05, 0) is 43.5 Å². The van der Waals surface area contributed by atoms with E-state index >= 15 is 0 Å². The molecule has 0 aliphatic heterocycles. The van der Waals surface area contributed by atoms with Crippen molar-refractivity contribution in [3.05, 3.63) is 33.6 Å². The van der Waals surface area contributed by atoms with Crippen LogP contribution in [-0.4, -0.2) is 5.78 Å². The molecule has 0 aromatic heterocycles. The highest BCUT2D eigenvalue weighted by Gasteiger charge is 2.13. The lowest BCUT2D eigenvalue weighted by Gasteiger charge is -2.10. The molecule has 1 nitrogen and oxygen atoms in total. The molecule has 0 amide bonds. The minimum absolute atomic E-state index is 0.0614. The first-order chi connectivity index (χ1) is 6.43. The van der Waals surface area contributed by atoms with Gasteiger partial charge in [0.2, 0.25) is 0 Å². The van der Waals surface area contributed by atoms with Gasteiger partial charge in [0.1, 0.15) is 11.6 Å². The van der Waals surface area contributed by atoms with Gasteiger partial charge in [-0.1, -0.05) is 11.6 Å². The number of hydrogen-bond donors (Lipinski definition) is 0. The van der Waals surface area contributed by atoms with Gasteiger partial charge < -0.3 is 0 Å². The molecule has 0 N–H and O–H groups in total. The molecule has 0 fully saturated rings. The van der Waals surface area contributed by atoms with Crippen LogP contribution >= 0.6 is 11.6 Å². The van der Waals surface area contributed by atoms with Gasteiger partial charge in [-0.2, -0.15) is 0 Å². The average molecular weight is 215 g/mol. The van der Waals surface area contributed by atoms with Crippen molar-refractivity contribution in [2.24, 2.45) is 0 Å². The summed E-state index contributed by atoms with van der Waals surface area (Å²) in [6, 6.07) is 1.58. The normalized spacial score (nSPS) is 10.4. The smallest absolute Gasteiger partial charge is 0.145 e. The van der Waals surface area contributed by atoms with Crippen molar-refractivity contribution in [3.63, 3.8) is 0 Å². The molecule has 1 aromatic carbocycles. The van der Waals surface area contributed by atoms with Gasteiger partial charge in [0.15, 0.2) is 0 Å². The molecule has 3 heteroatoms. The van der Waals surface area contributed by atoms with Crippen LogP contribution in [0.3, 0.4) is 0 Å². The van der Waals surface area contributed by atoms with E-state index in [0.717, 1.165) is 11.1 Å². The molecule has 76 valence electrons. The third-order valence-corrected chi connectivity index (χ3v) is 2.56. The number of carbonyl (C=O) groups excluding carboxylic acids is 1. The molecule has 0 aliphatic carbocycles. The lowest BCUT2D eigenvalue weighted by molar-refractivity contribution is -0.116. The highest BCUT2D eigenvalue weighted by molar-refractivity contribution is 6.30. The number of carbonyl (C=O) groups is 1. The van der Waals surface area contributed by atoms with E-state index in [2.05, 4.69) is 0 Å². The summed E-state index contributed by atoms with van der Waals surface area (Å²) in [5.41, 5.74) is 2.14. The van der Waals surface area contributed by atoms with Crippen LogP contribution < -0.4 is 0 Å². The van der Waals surface area contributed by atoms with Crippen LogP contribution in [0.15, 0.2) is 6.07 Å². The Morgan fingerprint density at radius 1 is 1.50 bits per heavy atom. The standard InChI is InChI=1S/C11H12ClFO/c1-6-4-10(12)11(13)9(8(6)3)5-7(2)14/h4H,5H2,1-3H3. The number of hydrogen-bond acceptors (Lipinski definition) is 1. The van der Waals surface area contributed by atoms with Crippen LogP contribution in [0.25, 0.3) is 0 Å². The zero-order valence-electron chi connectivity index (χ0n) is 8.45. The minimum atomic E-state index is -0.468. The molecule has 0 saturated carbocycles. The zero-order chi connectivity index (χ0) is 10.9. The van der Waals surface area contributed by atoms with E-state index in [-0.39, 0.29) is 17.2 Å². The molecule has 1 rings (SSSR count). The van der Waals surface area contributed by atoms with E-state index in [0.29, 0.717) is 5.56 Å². The van der Waals surface area contributed by atoms with E-state index in [1.54, 1.807) is 13.0 Å². The maximum atomic E-state index is 13.5. The van der Waals surface area contributed by atoms with E-state index in [9.17, 15) is 9.18 Å². The van der Waals surface area contributed by atoms with E-state index in [4.69, 9.17) is 11.6 Å². The van der Waals surface area contributed by atoms with Crippen LogP contribution in [0.2, 0.25) is 5.02 Å². The monoisotopic (exact) mass is 214 g/mol. The zero-order valence-corrected chi connectivity index (χ0v) is 9.20. The van der Waals surface area contributed by atoms with Crippen molar-refractivity contribution in [1.82, 2.24) is 0 Å². The first-order valence-electron chi connectivity index (χ1n) is 4.37. The molecule has 0 aliphatic rings. The largest absolute Gasteiger partial charge is 0.300 e. The molecule has 0 saturated heterocycles. The molecular formula is C11H12ClFO. The molecule has 1 aromatic rings. The van der Waals surface area contributed by atoms with Crippen molar-refractivity contribution in [3.8, 4) is 0 Å². The van der Waals surface area contributed by atoms with Crippen LogP contribution in [-0.2, 0) is 11.2 Å². The van der Waals surface area contributed by atoms with Crippen molar-refractivity contribution in [1.29, 1.82) is 0 Å². The molecule has 0 spiro atoms. The Hall–Kier alpha value is -0.890. The fraction of sp³-hybridized carbons (Fsp3) is 0.364. The van der Waals surface area contributed by atoms with Gasteiger partial charge in [-0.3, -0.25) is 4.79 Å². The first-order valence-corrected chi connectivity index (χ1v) is 4.74. The van der Waals surface area contributed by atoms with E-state index in [1.807, 2.05) is 6.92 Å². The lowest BCUT2D eigenvalue weighted by Crippen LogP contribution is -2.04. The van der Waals surface area contributed by atoms with Crippen molar-refractivity contribution >= 4 is 17.4 Å². The first kappa shape index (κ1) is 11.2. The van der Waals surface area contributed by atoms with Gasteiger partial charge in [0, 0.05) is 6.42 Å². The Bertz CT molecular complexity index is 359. The Morgan fingerprint density at radius 2 is 2.07 bits per heavy atom. The maximum Gasteiger partial charge on any atom is 0.145 e. The van der Waals surface area contributed by atoms with E-state index < -0.39 is 5.82 Å². The predicted molar refractivity (Wildman–Crippen MR) is 55.3 cm³/mol. The summed E-state index contributed by atoms with van der Waals surface area (Å²) in [6.45, 7) is 5.09. The Labute approximate surface area is 87.9 Å². The Kier molecular flexibility index (Phi) is 3.27. The number of rotatable bonds is 2. The van der Waals surface area contributed by atoms with Crippen molar-refractivity contribution < 1.29 is 9.18 Å². The number of benzene rings is 1. The summed E-state index contributed by atoms with van der Waals surface area (Å²) in [6.07, 6.45) is 0.110. The van der Waals surface area contributed by atoms with Gasteiger partial charge in [0.25, 0.3) is 0 Å². The van der Waals surface area contributed by atoms with E-state index in [1.165, 1.54) is 6.92 Å². The van der Waals surface area contributed by atoms with Gasteiger partial charge >= 0.3 is 0 Å². The molecule has 0 atom stereocenters. The quantitative estimate of drug-likeness (QED) is 0.739. The summed E-state index contributed by atoms with van der Waals surface area (Å²) in [5.74, 6) is -0.529. The SMILES string of the molecule is CC(=O)Cc1c(C)c(C)cc(Cl)c1F. The summed E-state index contributed by atoms with van der Waals surface area (Å²) < 4.78 is 13.5. The number of Topliss-reactive ketones (excluding diaryl/α,β-unsaturated/α-hetero) is 1.